The fourth-order valence-corrected chi connectivity index (χ4v) is 3.94. The van der Waals surface area contributed by atoms with Crippen molar-refractivity contribution in [1.82, 2.24) is 9.62 Å². The Hall–Kier alpha value is -0.130. The van der Waals surface area contributed by atoms with Crippen molar-refractivity contribution in [2.75, 3.05) is 25.4 Å². The lowest BCUT2D eigenvalue weighted by Crippen LogP contribution is -2.41. The molecule has 1 fully saturated rings. The van der Waals surface area contributed by atoms with Gasteiger partial charge in [0.05, 0.1) is 5.75 Å². The molecule has 0 aromatic carbocycles. The van der Waals surface area contributed by atoms with Crippen LogP contribution in [0.25, 0.3) is 0 Å². The van der Waals surface area contributed by atoms with Crippen molar-refractivity contribution in [3.63, 3.8) is 0 Å². The first-order valence-corrected chi connectivity index (χ1v) is 7.71. The van der Waals surface area contributed by atoms with Crippen molar-refractivity contribution < 1.29 is 8.42 Å². The number of nitrogens with zero attached hydrogens (tertiary/aromatic N) is 1. The first-order chi connectivity index (χ1) is 7.34. The Balaban J connectivity index is 2.54. The average Bonchev–Trinajstić information content (AvgIpc) is 2.44. The molecule has 0 unspecified atom stereocenters. The van der Waals surface area contributed by atoms with Gasteiger partial charge in [0.2, 0.25) is 10.0 Å². The zero-order valence-corrected chi connectivity index (χ0v) is 11.5. The van der Waals surface area contributed by atoms with E-state index in [0.29, 0.717) is 5.92 Å². The Kier molecular flexibility index (Phi) is 4.76. The molecular formula is C11H24N2O2S. The fourth-order valence-electron chi connectivity index (χ4n) is 2.20. The first-order valence-electron chi connectivity index (χ1n) is 6.06. The number of nitrogens with one attached hydrogen (secondary N) is 1. The van der Waals surface area contributed by atoms with Gasteiger partial charge in [-0.05, 0) is 18.4 Å². The third-order valence-corrected chi connectivity index (χ3v) is 4.79. The SMILES string of the molecule is CCN1C[C@@H](C)[C@H](NS(=O)(=O)CC(C)C)C1. The van der Waals surface area contributed by atoms with E-state index >= 15 is 0 Å². The van der Waals surface area contributed by atoms with Gasteiger partial charge in [0, 0.05) is 19.1 Å². The second kappa shape index (κ2) is 5.47. The van der Waals surface area contributed by atoms with Crippen LogP contribution in [0.15, 0.2) is 0 Å². The van der Waals surface area contributed by atoms with Crippen molar-refractivity contribution in [3.05, 3.63) is 0 Å². The molecular weight excluding hydrogens is 224 g/mol. The second-order valence-electron chi connectivity index (χ2n) is 5.23. The fraction of sp³-hybridized carbons (Fsp3) is 1.00. The van der Waals surface area contributed by atoms with E-state index in [9.17, 15) is 8.42 Å². The van der Waals surface area contributed by atoms with Crippen LogP contribution in [0.5, 0.6) is 0 Å². The molecule has 4 nitrogen and oxygen atoms in total. The van der Waals surface area contributed by atoms with Crippen molar-refractivity contribution in [3.8, 4) is 0 Å². The second-order valence-corrected chi connectivity index (χ2v) is 7.03. The van der Waals surface area contributed by atoms with Crippen molar-refractivity contribution in [2.24, 2.45) is 11.8 Å². The minimum atomic E-state index is -3.11. The topological polar surface area (TPSA) is 49.4 Å². The molecule has 0 aliphatic carbocycles. The summed E-state index contributed by atoms with van der Waals surface area (Å²) in [5.41, 5.74) is 0. The number of likely N-dealkylation sites (N-methyl/N-ethyl adjacent to an activating group) is 1. The standard InChI is InChI=1S/C11H24N2O2S/c1-5-13-6-10(4)11(7-13)12-16(14,15)8-9(2)3/h9-12H,5-8H2,1-4H3/t10-,11-/m1/s1. The van der Waals surface area contributed by atoms with Crippen molar-refractivity contribution in [2.45, 2.75) is 33.7 Å². The number of likely N-dealkylation sites (tertiary alicyclic amines) is 1. The quantitative estimate of drug-likeness (QED) is 0.786. The monoisotopic (exact) mass is 248 g/mol. The molecule has 1 heterocycles. The summed E-state index contributed by atoms with van der Waals surface area (Å²) in [6, 6.07) is 0.0868. The van der Waals surface area contributed by atoms with Gasteiger partial charge in [-0.3, -0.25) is 0 Å². The van der Waals surface area contributed by atoms with Crippen LogP contribution in [0.1, 0.15) is 27.7 Å². The van der Waals surface area contributed by atoms with Crippen LogP contribution in [0, 0.1) is 11.8 Å². The predicted molar refractivity (Wildman–Crippen MR) is 66.8 cm³/mol. The van der Waals surface area contributed by atoms with Gasteiger partial charge in [-0.2, -0.15) is 0 Å². The van der Waals surface area contributed by atoms with Crippen LogP contribution in [-0.4, -0.2) is 44.7 Å². The lowest BCUT2D eigenvalue weighted by molar-refractivity contribution is 0.344. The van der Waals surface area contributed by atoms with E-state index in [-0.39, 0.29) is 17.7 Å². The lowest BCUT2D eigenvalue weighted by atomic mass is 10.1. The maximum atomic E-state index is 11.8. The molecule has 0 amide bonds. The molecule has 0 aromatic rings. The number of hydrogen-bond donors (Lipinski definition) is 1. The van der Waals surface area contributed by atoms with Gasteiger partial charge in [-0.25, -0.2) is 13.1 Å². The maximum absolute atomic E-state index is 11.8. The summed E-state index contributed by atoms with van der Waals surface area (Å²) in [7, 11) is -3.11. The van der Waals surface area contributed by atoms with Gasteiger partial charge in [0.15, 0.2) is 0 Å². The van der Waals surface area contributed by atoms with Crippen LogP contribution in [0.3, 0.4) is 0 Å². The van der Waals surface area contributed by atoms with Gasteiger partial charge >= 0.3 is 0 Å². The molecule has 0 aromatic heterocycles. The summed E-state index contributed by atoms with van der Waals surface area (Å²) in [5.74, 6) is 0.806. The normalized spacial score (nSPS) is 27.8. The van der Waals surface area contributed by atoms with E-state index in [2.05, 4.69) is 23.5 Å². The maximum Gasteiger partial charge on any atom is 0.212 e. The molecule has 0 radical (unpaired) electrons. The van der Waals surface area contributed by atoms with E-state index in [1.165, 1.54) is 0 Å². The summed E-state index contributed by atoms with van der Waals surface area (Å²) in [5, 5.41) is 0. The predicted octanol–water partition coefficient (Wildman–Crippen LogP) is 0.902. The van der Waals surface area contributed by atoms with Crippen LogP contribution >= 0.6 is 0 Å². The highest BCUT2D eigenvalue weighted by Gasteiger charge is 2.31. The Morgan fingerprint density at radius 2 is 2.00 bits per heavy atom. The molecule has 1 N–H and O–H groups in total. The minimum Gasteiger partial charge on any atom is -0.302 e. The highest BCUT2D eigenvalue weighted by molar-refractivity contribution is 7.89. The van der Waals surface area contributed by atoms with Crippen LogP contribution < -0.4 is 4.72 Å². The van der Waals surface area contributed by atoms with Gasteiger partial charge in [-0.1, -0.05) is 27.7 Å². The molecule has 1 aliphatic heterocycles. The molecule has 1 aliphatic rings. The molecule has 96 valence electrons. The summed E-state index contributed by atoms with van der Waals surface area (Å²) in [6.07, 6.45) is 0. The first kappa shape index (κ1) is 13.9. The molecule has 5 heteroatoms. The minimum absolute atomic E-state index is 0.0868. The van der Waals surface area contributed by atoms with E-state index in [1.807, 2.05) is 13.8 Å². The third kappa shape index (κ3) is 4.03. The van der Waals surface area contributed by atoms with Gasteiger partial charge < -0.3 is 4.90 Å². The number of hydrogen-bond acceptors (Lipinski definition) is 3. The van der Waals surface area contributed by atoms with E-state index in [1.54, 1.807) is 0 Å². The molecule has 2 atom stereocenters. The van der Waals surface area contributed by atoms with Gasteiger partial charge in [0.25, 0.3) is 0 Å². The molecule has 1 saturated heterocycles. The van der Waals surface area contributed by atoms with Crippen LogP contribution in [0.2, 0.25) is 0 Å². The molecule has 0 spiro atoms. The highest BCUT2D eigenvalue weighted by Crippen LogP contribution is 2.17. The summed E-state index contributed by atoms with van der Waals surface area (Å²) in [6.45, 7) is 10.9. The molecule has 0 bridgehead atoms. The Morgan fingerprint density at radius 3 is 2.44 bits per heavy atom. The molecule has 16 heavy (non-hydrogen) atoms. The Bertz CT molecular complexity index is 314. The Morgan fingerprint density at radius 1 is 1.38 bits per heavy atom. The van der Waals surface area contributed by atoms with Crippen LogP contribution in [-0.2, 0) is 10.0 Å². The van der Waals surface area contributed by atoms with Gasteiger partial charge in [0.1, 0.15) is 0 Å². The van der Waals surface area contributed by atoms with Crippen LogP contribution in [0.4, 0.5) is 0 Å². The highest BCUT2D eigenvalue weighted by atomic mass is 32.2. The number of rotatable bonds is 5. The van der Waals surface area contributed by atoms with E-state index < -0.39 is 10.0 Å². The smallest absolute Gasteiger partial charge is 0.212 e. The zero-order chi connectivity index (χ0) is 12.3. The zero-order valence-electron chi connectivity index (χ0n) is 10.7. The number of sulfonamides is 1. The summed E-state index contributed by atoms with van der Waals surface area (Å²) < 4.78 is 26.4. The van der Waals surface area contributed by atoms with Crippen molar-refractivity contribution >= 4 is 10.0 Å². The van der Waals surface area contributed by atoms with Crippen molar-refractivity contribution in [1.29, 1.82) is 0 Å². The summed E-state index contributed by atoms with van der Waals surface area (Å²) >= 11 is 0. The lowest BCUT2D eigenvalue weighted by Gasteiger charge is -2.17. The summed E-state index contributed by atoms with van der Waals surface area (Å²) in [4.78, 5) is 2.28. The molecule has 1 rings (SSSR count). The van der Waals surface area contributed by atoms with E-state index in [4.69, 9.17) is 0 Å². The Labute approximate surface area is 99.5 Å². The molecule has 0 saturated carbocycles. The van der Waals surface area contributed by atoms with E-state index in [0.717, 1.165) is 19.6 Å². The largest absolute Gasteiger partial charge is 0.302 e. The van der Waals surface area contributed by atoms with Gasteiger partial charge in [-0.15, -0.1) is 0 Å². The average molecular weight is 248 g/mol. The third-order valence-electron chi connectivity index (χ3n) is 3.02.